The van der Waals surface area contributed by atoms with Crippen molar-refractivity contribution in [2.45, 2.75) is 65.8 Å². The van der Waals surface area contributed by atoms with Crippen LogP contribution in [0, 0.1) is 12.8 Å². The van der Waals surface area contributed by atoms with E-state index in [1.807, 2.05) is 0 Å². The number of fused-ring (bicyclic) bond motifs is 1. The third-order valence-electron chi connectivity index (χ3n) is 6.95. The van der Waals surface area contributed by atoms with Gasteiger partial charge in [-0.3, -0.25) is 9.69 Å². The minimum absolute atomic E-state index is 0.0547. The van der Waals surface area contributed by atoms with Gasteiger partial charge in [0.2, 0.25) is 5.95 Å². The zero-order valence-electron chi connectivity index (χ0n) is 21.0. The lowest BCUT2D eigenvalue weighted by molar-refractivity contribution is 0.101. The number of thiazole rings is 1. The molecule has 2 atom stereocenters. The van der Waals surface area contributed by atoms with Crippen molar-refractivity contribution in [2.75, 3.05) is 31.1 Å². The fraction of sp³-hybridized carbons (Fsp3) is 0.556. The van der Waals surface area contributed by atoms with Gasteiger partial charge in [-0.25, -0.2) is 15.0 Å². The number of piperazine rings is 1. The number of hydrogen-bond donors (Lipinski definition) is 0. The molecule has 2 aliphatic rings. The number of nitrogens with zero attached hydrogens (tertiary/aromatic N) is 5. The summed E-state index contributed by atoms with van der Waals surface area (Å²) in [6, 6.07) is 0.398. The van der Waals surface area contributed by atoms with Crippen LogP contribution in [0.5, 0.6) is 0 Å². The summed E-state index contributed by atoms with van der Waals surface area (Å²) < 4.78 is 1.25. The van der Waals surface area contributed by atoms with Crippen LogP contribution in [0.3, 0.4) is 0 Å². The number of aryl methyl sites for hydroxylation is 2. The maximum Gasteiger partial charge on any atom is 0.225 e. The number of Topliss-reactive ketones (excluding diaryl/α,β-unsaturated/α-hetero) is 1. The molecule has 6 nitrogen and oxygen atoms in total. The highest BCUT2D eigenvalue weighted by Crippen LogP contribution is 2.21. The molecule has 0 spiro atoms. The molecule has 1 aliphatic carbocycles. The molecule has 1 fully saturated rings. The van der Waals surface area contributed by atoms with Gasteiger partial charge in [0.15, 0.2) is 5.78 Å². The summed E-state index contributed by atoms with van der Waals surface area (Å²) in [5, 5.41) is 2.24. The first kappa shape index (κ1) is 24.7. The van der Waals surface area contributed by atoms with Gasteiger partial charge < -0.3 is 4.90 Å². The lowest BCUT2D eigenvalue weighted by atomic mass is 9.98. The predicted octanol–water partition coefficient (Wildman–Crippen LogP) is 3.52. The molecule has 0 N–H and O–H groups in total. The van der Waals surface area contributed by atoms with E-state index in [0.717, 1.165) is 61.0 Å². The van der Waals surface area contributed by atoms with Crippen LogP contribution in [-0.4, -0.2) is 57.9 Å². The highest BCUT2D eigenvalue weighted by atomic mass is 32.1. The Bertz CT molecular complexity index is 1150. The Morgan fingerprint density at radius 2 is 1.97 bits per heavy atom. The second-order valence-corrected chi connectivity index (χ2v) is 10.7. The summed E-state index contributed by atoms with van der Waals surface area (Å²) in [6.45, 7) is 11.9. The van der Waals surface area contributed by atoms with E-state index in [1.165, 1.54) is 23.8 Å². The molecule has 4 rings (SSSR count). The zero-order valence-corrected chi connectivity index (χ0v) is 21.8. The van der Waals surface area contributed by atoms with Gasteiger partial charge in [-0.05, 0) is 45.8 Å². The Morgan fingerprint density at radius 1 is 1.18 bits per heavy atom. The quantitative estimate of drug-likeness (QED) is 0.405. The molecule has 2 aromatic heterocycles. The van der Waals surface area contributed by atoms with Gasteiger partial charge >= 0.3 is 0 Å². The maximum absolute atomic E-state index is 12.1. The van der Waals surface area contributed by atoms with Gasteiger partial charge in [0, 0.05) is 44.3 Å². The molecule has 34 heavy (non-hydrogen) atoms. The van der Waals surface area contributed by atoms with Gasteiger partial charge in [-0.2, -0.15) is 0 Å². The third kappa shape index (κ3) is 5.81. The number of carbonyl (C=O) groups excluding carboxylic acids is 1. The molecule has 1 saturated heterocycles. The van der Waals surface area contributed by atoms with E-state index in [9.17, 15) is 4.79 Å². The van der Waals surface area contributed by atoms with Crippen LogP contribution in [0.15, 0.2) is 18.3 Å². The van der Waals surface area contributed by atoms with Crippen molar-refractivity contribution < 1.29 is 4.79 Å². The first-order chi connectivity index (χ1) is 16.5. The minimum atomic E-state index is 0.0547. The third-order valence-corrected chi connectivity index (χ3v) is 7.90. The molecular formula is C27H37N5OS. The smallest absolute Gasteiger partial charge is 0.225 e. The molecule has 7 heteroatoms. The van der Waals surface area contributed by atoms with Gasteiger partial charge in [0.25, 0.3) is 0 Å². The molecule has 0 saturated carbocycles. The SMILES string of the molecule is CCCCCCc1nc(N2CCN(C(C)C3C=CC=c4sc(C)nc4=C3)CC2)ncc1C(C)=O. The Balaban J connectivity index is 1.41. The summed E-state index contributed by atoms with van der Waals surface area (Å²) in [6.07, 6.45) is 16.3. The van der Waals surface area contributed by atoms with Gasteiger partial charge in [-0.1, -0.05) is 38.3 Å². The Kier molecular flexibility index (Phi) is 8.27. The number of ketones is 1. The van der Waals surface area contributed by atoms with Crippen LogP contribution < -0.4 is 14.8 Å². The van der Waals surface area contributed by atoms with Crippen LogP contribution >= 0.6 is 11.3 Å². The number of carbonyl (C=O) groups is 1. The van der Waals surface area contributed by atoms with E-state index < -0.39 is 0 Å². The molecule has 0 radical (unpaired) electrons. The topological polar surface area (TPSA) is 62.2 Å². The average Bonchev–Trinajstić information content (AvgIpc) is 3.07. The van der Waals surface area contributed by atoms with Crippen LogP contribution in [-0.2, 0) is 6.42 Å². The van der Waals surface area contributed by atoms with Crippen molar-refractivity contribution in [2.24, 2.45) is 5.92 Å². The fourth-order valence-corrected chi connectivity index (χ4v) is 5.67. The summed E-state index contributed by atoms with van der Waals surface area (Å²) in [5.41, 5.74) is 1.59. The molecule has 0 aromatic carbocycles. The molecule has 0 amide bonds. The number of allylic oxidation sites excluding steroid dienone is 1. The van der Waals surface area contributed by atoms with E-state index in [2.05, 4.69) is 59.9 Å². The molecule has 1 aliphatic heterocycles. The summed E-state index contributed by atoms with van der Waals surface area (Å²) in [7, 11) is 0. The van der Waals surface area contributed by atoms with Gasteiger partial charge in [0.1, 0.15) is 0 Å². The molecule has 0 bridgehead atoms. The van der Waals surface area contributed by atoms with Crippen molar-refractivity contribution in [1.29, 1.82) is 0 Å². The summed E-state index contributed by atoms with van der Waals surface area (Å²) in [5.74, 6) is 1.16. The number of hydrogen-bond acceptors (Lipinski definition) is 7. The second kappa shape index (κ2) is 11.4. The monoisotopic (exact) mass is 479 g/mol. The highest BCUT2D eigenvalue weighted by molar-refractivity contribution is 7.09. The van der Waals surface area contributed by atoms with E-state index in [-0.39, 0.29) is 5.78 Å². The van der Waals surface area contributed by atoms with Crippen LogP contribution in [0.25, 0.3) is 12.2 Å². The van der Waals surface area contributed by atoms with Crippen molar-refractivity contribution in [3.63, 3.8) is 0 Å². The fourth-order valence-electron chi connectivity index (χ4n) is 4.84. The van der Waals surface area contributed by atoms with Crippen molar-refractivity contribution in [3.8, 4) is 0 Å². The summed E-state index contributed by atoms with van der Waals surface area (Å²) >= 11 is 1.76. The normalized spacial score (nSPS) is 19.2. The first-order valence-electron chi connectivity index (χ1n) is 12.7. The molecule has 3 heterocycles. The van der Waals surface area contributed by atoms with Crippen molar-refractivity contribution in [3.05, 3.63) is 44.5 Å². The number of unbranched alkanes of at least 4 members (excludes halogenated alkanes) is 3. The van der Waals surface area contributed by atoms with Crippen LogP contribution in [0.2, 0.25) is 0 Å². The molecule has 2 aromatic rings. The molecule has 2 unspecified atom stereocenters. The van der Waals surface area contributed by atoms with E-state index in [4.69, 9.17) is 9.97 Å². The van der Waals surface area contributed by atoms with Gasteiger partial charge in [0.05, 0.1) is 26.1 Å². The maximum atomic E-state index is 12.1. The number of aromatic nitrogens is 3. The number of rotatable bonds is 9. The largest absolute Gasteiger partial charge is 0.338 e. The molecular weight excluding hydrogens is 442 g/mol. The number of anilines is 1. The zero-order chi connectivity index (χ0) is 24.1. The Morgan fingerprint density at radius 3 is 2.71 bits per heavy atom. The van der Waals surface area contributed by atoms with Gasteiger partial charge in [-0.15, -0.1) is 11.3 Å². The lowest BCUT2D eigenvalue weighted by Gasteiger charge is -2.39. The van der Waals surface area contributed by atoms with Crippen LogP contribution in [0.4, 0.5) is 5.95 Å². The Hall–Kier alpha value is -2.38. The van der Waals surface area contributed by atoms with Crippen molar-refractivity contribution >= 4 is 35.2 Å². The van der Waals surface area contributed by atoms with E-state index in [1.54, 1.807) is 24.5 Å². The highest BCUT2D eigenvalue weighted by Gasteiger charge is 2.26. The Labute approximate surface area is 207 Å². The summed E-state index contributed by atoms with van der Waals surface area (Å²) in [4.78, 5) is 31.1. The second-order valence-electron chi connectivity index (χ2n) is 9.44. The lowest BCUT2D eigenvalue weighted by Crippen LogP contribution is -2.51. The standard InChI is InChI=1S/C27H37N5OS/c1-5-6-7-8-11-24-23(20(3)33)18-28-27(30-24)32-15-13-31(14-16-32)19(2)22-10-9-12-26-25(17-22)29-21(4)34-26/h9-10,12,17-19,22H,5-8,11,13-16H2,1-4H3. The van der Waals surface area contributed by atoms with Crippen molar-refractivity contribution in [1.82, 2.24) is 19.9 Å². The van der Waals surface area contributed by atoms with E-state index in [0.29, 0.717) is 17.5 Å². The first-order valence-corrected chi connectivity index (χ1v) is 13.5. The predicted molar refractivity (Wildman–Crippen MR) is 141 cm³/mol. The van der Waals surface area contributed by atoms with Crippen LogP contribution in [0.1, 0.15) is 67.5 Å². The molecule has 182 valence electrons. The van der Waals surface area contributed by atoms with E-state index >= 15 is 0 Å². The average molecular weight is 480 g/mol. The minimum Gasteiger partial charge on any atom is -0.338 e.